The molecule has 0 atom stereocenters. The third-order valence-corrected chi connectivity index (χ3v) is 3.87. The highest BCUT2D eigenvalue weighted by Crippen LogP contribution is 2.23. The summed E-state index contributed by atoms with van der Waals surface area (Å²) in [5.74, 6) is 0.0411. The Hall–Kier alpha value is -2.40. The van der Waals surface area contributed by atoms with Crippen LogP contribution >= 0.6 is 0 Å². The summed E-state index contributed by atoms with van der Waals surface area (Å²) in [6.45, 7) is 2.83. The lowest BCUT2D eigenvalue weighted by atomic mass is 10.0. The van der Waals surface area contributed by atoms with Crippen LogP contribution in [-0.2, 0) is 4.74 Å². The van der Waals surface area contributed by atoms with Crippen LogP contribution in [0.5, 0.6) is 0 Å². The average Bonchev–Trinajstić information content (AvgIpc) is 2.56. The average molecular weight is 328 g/mol. The fourth-order valence-electron chi connectivity index (χ4n) is 2.40. The Morgan fingerprint density at radius 1 is 1.00 bits per heavy atom. The van der Waals surface area contributed by atoms with Crippen molar-refractivity contribution in [1.29, 1.82) is 0 Å². The summed E-state index contributed by atoms with van der Waals surface area (Å²) in [7, 11) is 5.67. The number of Topliss-reactive ketones (excluding diaryl/α,β-unsaturated/α-hetero) is 1. The molecule has 0 spiro atoms. The molecule has 1 amide bonds. The van der Waals surface area contributed by atoms with Gasteiger partial charge in [0.25, 0.3) is 0 Å². The van der Waals surface area contributed by atoms with Gasteiger partial charge in [0, 0.05) is 24.8 Å². The Kier molecular flexibility index (Phi) is 5.93. The molecule has 0 bridgehead atoms. The highest BCUT2D eigenvalue weighted by molar-refractivity contribution is 5.99. The maximum absolute atomic E-state index is 12.1. The molecule has 0 aliphatic heterocycles. The summed E-state index contributed by atoms with van der Waals surface area (Å²) in [6, 6.07) is 11.2. The third-order valence-electron chi connectivity index (χ3n) is 3.87. The first kappa shape index (κ1) is 17.9. The number of ketones is 1. The standard InChI is InChI=1S/C19H24N2O3/c1-14(22)15-6-7-17-13-18(9-8-16(17)12-15)21(4)19(23)24-11-5-10-20(2)3/h6-9,12-13H,5,10-11H2,1-4H3. The Morgan fingerprint density at radius 2 is 1.67 bits per heavy atom. The fourth-order valence-corrected chi connectivity index (χ4v) is 2.40. The van der Waals surface area contributed by atoms with E-state index >= 15 is 0 Å². The van der Waals surface area contributed by atoms with Crippen LogP contribution in [0.25, 0.3) is 10.8 Å². The number of ether oxygens (including phenoxy) is 1. The van der Waals surface area contributed by atoms with E-state index in [1.54, 1.807) is 20.0 Å². The molecule has 128 valence electrons. The van der Waals surface area contributed by atoms with E-state index in [1.807, 2.05) is 44.4 Å². The Morgan fingerprint density at radius 3 is 2.33 bits per heavy atom. The third kappa shape index (κ3) is 4.55. The monoisotopic (exact) mass is 328 g/mol. The number of benzene rings is 2. The zero-order valence-corrected chi connectivity index (χ0v) is 14.7. The maximum atomic E-state index is 12.1. The number of amides is 1. The summed E-state index contributed by atoms with van der Waals surface area (Å²) in [4.78, 5) is 27.1. The summed E-state index contributed by atoms with van der Waals surface area (Å²) in [5.41, 5.74) is 1.44. The lowest BCUT2D eigenvalue weighted by Crippen LogP contribution is -2.28. The number of hydrogen-bond donors (Lipinski definition) is 0. The molecular weight excluding hydrogens is 304 g/mol. The van der Waals surface area contributed by atoms with Gasteiger partial charge in [-0.2, -0.15) is 0 Å². The predicted molar refractivity (Wildman–Crippen MR) is 96.9 cm³/mol. The molecule has 0 fully saturated rings. The first-order valence-corrected chi connectivity index (χ1v) is 7.98. The number of nitrogens with zero attached hydrogens (tertiary/aromatic N) is 2. The van der Waals surface area contributed by atoms with E-state index in [1.165, 1.54) is 4.90 Å². The van der Waals surface area contributed by atoms with E-state index in [4.69, 9.17) is 4.74 Å². The molecule has 0 heterocycles. The maximum Gasteiger partial charge on any atom is 0.414 e. The van der Waals surface area contributed by atoms with Crippen molar-refractivity contribution in [3.8, 4) is 0 Å². The van der Waals surface area contributed by atoms with Crippen molar-refractivity contribution in [1.82, 2.24) is 4.90 Å². The van der Waals surface area contributed by atoms with Crippen molar-refractivity contribution in [2.75, 3.05) is 39.2 Å². The summed E-state index contributed by atoms with van der Waals surface area (Å²) >= 11 is 0. The normalized spacial score (nSPS) is 10.9. The molecule has 0 saturated carbocycles. The van der Waals surface area contributed by atoms with Crippen molar-refractivity contribution in [2.24, 2.45) is 0 Å². The van der Waals surface area contributed by atoms with Crippen molar-refractivity contribution in [3.05, 3.63) is 42.0 Å². The van der Waals surface area contributed by atoms with Gasteiger partial charge in [-0.3, -0.25) is 9.69 Å². The quantitative estimate of drug-likeness (QED) is 0.601. The molecule has 0 saturated heterocycles. The minimum absolute atomic E-state index is 0.0411. The van der Waals surface area contributed by atoms with Gasteiger partial charge >= 0.3 is 6.09 Å². The largest absolute Gasteiger partial charge is 0.449 e. The zero-order chi connectivity index (χ0) is 17.7. The molecule has 2 aromatic carbocycles. The van der Waals surface area contributed by atoms with Gasteiger partial charge in [0.05, 0.1) is 6.61 Å². The molecule has 24 heavy (non-hydrogen) atoms. The van der Waals surface area contributed by atoms with Crippen molar-refractivity contribution in [3.63, 3.8) is 0 Å². The van der Waals surface area contributed by atoms with Gasteiger partial charge < -0.3 is 9.64 Å². The second-order valence-corrected chi connectivity index (χ2v) is 6.13. The minimum atomic E-state index is -0.367. The smallest absolute Gasteiger partial charge is 0.414 e. The van der Waals surface area contributed by atoms with Crippen molar-refractivity contribution >= 4 is 28.3 Å². The van der Waals surface area contributed by atoms with E-state index < -0.39 is 0 Å². The molecule has 5 nitrogen and oxygen atoms in total. The van der Waals surface area contributed by atoms with Crippen molar-refractivity contribution < 1.29 is 14.3 Å². The van der Waals surface area contributed by atoms with Gasteiger partial charge in [0.2, 0.25) is 0 Å². The van der Waals surface area contributed by atoms with Gasteiger partial charge in [-0.1, -0.05) is 18.2 Å². The van der Waals surface area contributed by atoms with E-state index in [0.717, 1.165) is 29.4 Å². The fraction of sp³-hybridized carbons (Fsp3) is 0.368. The van der Waals surface area contributed by atoms with E-state index in [0.29, 0.717) is 12.2 Å². The number of rotatable bonds is 6. The molecular formula is C19H24N2O3. The van der Waals surface area contributed by atoms with Crippen LogP contribution in [0.3, 0.4) is 0 Å². The molecule has 0 aliphatic rings. The second kappa shape index (κ2) is 7.93. The summed E-state index contributed by atoms with van der Waals surface area (Å²) < 4.78 is 5.29. The van der Waals surface area contributed by atoms with Crippen LogP contribution in [0.4, 0.5) is 10.5 Å². The molecule has 0 unspecified atom stereocenters. The highest BCUT2D eigenvalue weighted by atomic mass is 16.6. The van der Waals surface area contributed by atoms with Crippen LogP contribution < -0.4 is 4.90 Å². The summed E-state index contributed by atoms with van der Waals surface area (Å²) in [5, 5.41) is 1.95. The predicted octanol–water partition coefficient (Wildman–Crippen LogP) is 3.57. The number of hydrogen-bond acceptors (Lipinski definition) is 4. The van der Waals surface area contributed by atoms with Gasteiger partial charge in [-0.05, 0) is 56.4 Å². The first-order valence-electron chi connectivity index (χ1n) is 7.98. The van der Waals surface area contributed by atoms with E-state index in [2.05, 4.69) is 4.90 Å². The Labute approximate surface area is 142 Å². The van der Waals surface area contributed by atoms with Gasteiger partial charge in [0.1, 0.15) is 0 Å². The Balaban J connectivity index is 2.06. The second-order valence-electron chi connectivity index (χ2n) is 6.13. The molecule has 0 aromatic heterocycles. The molecule has 0 N–H and O–H groups in total. The van der Waals surface area contributed by atoms with Crippen LogP contribution in [0.1, 0.15) is 23.7 Å². The lowest BCUT2D eigenvalue weighted by Gasteiger charge is -2.18. The summed E-state index contributed by atoms with van der Waals surface area (Å²) in [6.07, 6.45) is 0.437. The number of anilines is 1. The molecule has 2 rings (SSSR count). The van der Waals surface area contributed by atoms with Gasteiger partial charge in [-0.25, -0.2) is 4.79 Å². The number of carbonyl (C=O) groups excluding carboxylic acids is 2. The number of fused-ring (bicyclic) bond motifs is 1. The lowest BCUT2D eigenvalue weighted by molar-refractivity contribution is 0.101. The molecule has 2 aromatic rings. The van der Waals surface area contributed by atoms with Crippen LogP contribution in [-0.4, -0.2) is 51.1 Å². The topological polar surface area (TPSA) is 49.9 Å². The highest BCUT2D eigenvalue weighted by Gasteiger charge is 2.13. The molecule has 0 aliphatic carbocycles. The first-order chi connectivity index (χ1) is 11.4. The molecule has 5 heteroatoms. The Bertz CT molecular complexity index is 740. The van der Waals surface area contributed by atoms with Gasteiger partial charge in [0.15, 0.2) is 5.78 Å². The SMILES string of the molecule is CC(=O)c1ccc2cc(N(C)C(=O)OCCCN(C)C)ccc2c1. The van der Waals surface area contributed by atoms with Gasteiger partial charge in [-0.15, -0.1) is 0 Å². The van der Waals surface area contributed by atoms with E-state index in [-0.39, 0.29) is 11.9 Å². The number of carbonyl (C=O) groups is 2. The van der Waals surface area contributed by atoms with Crippen LogP contribution in [0, 0.1) is 0 Å². The molecule has 0 radical (unpaired) electrons. The minimum Gasteiger partial charge on any atom is -0.449 e. The van der Waals surface area contributed by atoms with Crippen LogP contribution in [0.15, 0.2) is 36.4 Å². The van der Waals surface area contributed by atoms with Crippen molar-refractivity contribution in [2.45, 2.75) is 13.3 Å². The zero-order valence-electron chi connectivity index (χ0n) is 14.7. The van der Waals surface area contributed by atoms with E-state index in [9.17, 15) is 9.59 Å². The van der Waals surface area contributed by atoms with Crippen LogP contribution in [0.2, 0.25) is 0 Å².